The highest BCUT2D eigenvalue weighted by atomic mass is 16.5. The van der Waals surface area contributed by atoms with Crippen LogP contribution >= 0.6 is 0 Å². The van der Waals surface area contributed by atoms with Gasteiger partial charge in [-0.3, -0.25) is 4.79 Å². The summed E-state index contributed by atoms with van der Waals surface area (Å²) in [5, 5.41) is 1.84. The third kappa shape index (κ3) is 3.92. The van der Waals surface area contributed by atoms with E-state index < -0.39 is 0 Å². The summed E-state index contributed by atoms with van der Waals surface area (Å²) in [7, 11) is 6.41. The second-order valence-electron chi connectivity index (χ2n) is 6.35. The molecule has 0 amide bonds. The Labute approximate surface area is 169 Å². The molecule has 0 N–H and O–H groups in total. The largest absolute Gasteiger partial charge is 0.497 e. The van der Waals surface area contributed by atoms with E-state index in [1.54, 1.807) is 34.5 Å². The Hall–Kier alpha value is -3.41. The summed E-state index contributed by atoms with van der Waals surface area (Å²) >= 11 is 0. The average molecular weight is 396 g/mol. The van der Waals surface area contributed by atoms with Crippen LogP contribution in [0.15, 0.2) is 42.5 Å². The molecule has 0 aromatic heterocycles. The van der Waals surface area contributed by atoms with Gasteiger partial charge in [0.2, 0.25) is 0 Å². The average Bonchev–Trinajstić information content (AvgIpc) is 2.75. The minimum Gasteiger partial charge on any atom is -0.497 e. The second kappa shape index (κ2) is 8.73. The van der Waals surface area contributed by atoms with Gasteiger partial charge in [-0.15, -0.1) is 0 Å². The molecule has 3 rings (SSSR count). The predicted molar refractivity (Wildman–Crippen MR) is 111 cm³/mol. The van der Waals surface area contributed by atoms with Gasteiger partial charge >= 0.3 is 5.97 Å². The molecule has 6 heteroatoms. The van der Waals surface area contributed by atoms with Crippen LogP contribution in [0.1, 0.15) is 12.5 Å². The Balaban J connectivity index is 2.37. The molecule has 0 fully saturated rings. The molecule has 0 radical (unpaired) electrons. The van der Waals surface area contributed by atoms with Crippen LogP contribution in [0.3, 0.4) is 0 Å². The van der Waals surface area contributed by atoms with E-state index in [-0.39, 0.29) is 12.6 Å². The molecular formula is C23H24O6. The monoisotopic (exact) mass is 396 g/mol. The Morgan fingerprint density at radius 1 is 0.828 bits per heavy atom. The molecule has 0 atom stereocenters. The van der Waals surface area contributed by atoms with Crippen LogP contribution in [0, 0.1) is 0 Å². The van der Waals surface area contributed by atoms with Gasteiger partial charge in [0.25, 0.3) is 0 Å². The molecule has 0 bridgehead atoms. The summed E-state index contributed by atoms with van der Waals surface area (Å²) in [4.78, 5) is 11.4. The lowest BCUT2D eigenvalue weighted by Gasteiger charge is -2.20. The normalized spacial score (nSPS) is 10.5. The lowest BCUT2D eigenvalue weighted by molar-refractivity contribution is -0.142. The maximum absolute atomic E-state index is 11.4. The fourth-order valence-corrected chi connectivity index (χ4v) is 3.41. The summed E-state index contributed by atoms with van der Waals surface area (Å²) in [5.74, 6) is 2.17. The number of hydrogen-bond acceptors (Lipinski definition) is 6. The first-order valence-electron chi connectivity index (χ1n) is 9.06. The molecule has 0 aliphatic carbocycles. The fourth-order valence-electron chi connectivity index (χ4n) is 3.41. The van der Waals surface area contributed by atoms with E-state index >= 15 is 0 Å². The molecule has 3 aromatic rings. The highest BCUT2D eigenvalue weighted by Crippen LogP contribution is 2.47. The molecule has 0 aliphatic rings. The number of esters is 1. The number of fused-ring (bicyclic) bond motifs is 1. The maximum atomic E-state index is 11.4. The van der Waals surface area contributed by atoms with E-state index in [4.69, 9.17) is 23.7 Å². The summed E-state index contributed by atoms with van der Waals surface area (Å²) < 4.78 is 27.8. The van der Waals surface area contributed by atoms with Crippen molar-refractivity contribution in [2.24, 2.45) is 0 Å². The summed E-state index contributed by atoms with van der Waals surface area (Å²) in [5.41, 5.74) is 2.24. The van der Waals surface area contributed by atoms with E-state index in [0.717, 1.165) is 27.5 Å². The molecule has 0 saturated heterocycles. The highest BCUT2D eigenvalue weighted by molar-refractivity contribution is 6.00. The zero-order valence-electron chi connectivity index (χ0n) is 17.2. The third-order valence-corrected chi connectivity index (χ3v) is 4.69. The number of carbonyl (C=O) groups is 1. The molecule has 29 heavy (non-hydrogen) atoms. The van der Waals surface area contributed by atoms with Crippen LogP contribution in [-0.2, 0) is 16.1 Å². The number of rotatable bonds is 7. The van der Waals surface area contributed by atoms with Gasteiger partial charge < -0.3 is 23.7 Å². The summed E-state index contributed by atoms with van der Waals surface area (Å²) in [6.45, 7) is 1.44. The Bertz CT molecular complexity index is 1040. The number of methoxy groups -OCH3 is 4. The predicted octanol–water partition coefficient (Wildman–Crippen LogP) is 4.60. The van der Waals surface area contributed by atoms with Crippen molar-refractivity contribution in [1.29, 1.82) is 0 Å². The topological polar surface area (TPSA) is 63.2 Å². The van der Waals surface area contributed by atoms with Gasteiger partial charge in [0.15, 0.2) is 0 Å². The fraction of sp³-hybridized carbons (Fsp3) is 0.261. The van der Waals surface area contributed by atoms with Crippen molar-refractivity contribution in [3.05, 3.63) is 48.0 Å². The zero-order chi connectivity index (χ0) is 21.0. The van der Waals surface area contributed by atoms with Crippen LogP contribution < -0.4 is 18.9 Å². The van der Waals surface area contributed by atoms with E-state index in [0.29, 0.717) is 23.0 Å². The SMILES string of the molecule is COc1cc(COC(C)=O)c(-c2cc(OC)c3ccccc3c2OC)c(OC)c1. The number of hydrogen-bond donors (Lipinski definition) is 0. The Kier molecular flexibility index (Phi) is 6.12. The van der Waals surface area contributed by atoms with Crippen LogP contribution in [0.25, 0.3) is 21.9 Å². The lowest BCUT2D eigenvalue weighted by atomic mass is 9.94. The van der Waals surface area contributed by atoms with Gasteiger partial charge in [-0.2, -0.15) is 0 Å². The highest BCUT2D eigenvalue weighted by Gasteiger charge is 2.22. The van der Waals surface area contributed by atoms with Crippen LogP contribution in [-0.4, -0.2) is 34.4 Å². The van der Waals surface area contributed by atoms with Crippen molar-refractivity contribution in [3.63, 3.8) is 0 Å². The Morgan fingerprint density at radius 3 is 2.10 bits per heavy atom. The van der Waals surface area contributed by atoms with Gasteiger partial charge in [0.05, 0.1) is 28.4 Å². The Morgan fingerprint density at radius 2 is 1.52 bits per heavy atom. The molecule has 3 aromatic carbocycles. The molecular weight excluding hydrogens is 372 g/mol. The van der Waals surface area contributed by atoms with Gasteiger partial charge in [-0.05, 0) is 12.1 Å². The van der Waals surface area contributed by atoms with Gasteiger partial charge in [-0.25, -0.2) is 0 Å². The summed E-state index contributed by atoms with van der Waals surface area (Å²) in [6, 6.07) is 13.4. The van der Waals surface area contributed by atoms with Crippen LogP contribution in [0.2, 0.25) is 0 Å². The first-order valence-corrected chi connectivity index (χ1v) is 9.06. The molecule has 152 valence electrons. The van der Waals surface area contributed by atoms with Crippen LogP contribution in [0.5, 0.6) is 23.0 Å². The van der Waals surface area contributed by atoms with Gasteiger partial charge in [0, 0.05) is 40.5 Å². The first kappa shape index (κ1) is 20.3. The first-order chi connectivity index (χ1) is 14.0. The van der Waals surface area contributed by atoms with Crippen LogP contribution in [0.4, 0.5) is 0 Å². The van der Waals surface area contributed by atoms with Crippen molar-refractivity contribution in [2.75, 3.05) is 28.4 Å². The lowest BCUT2D eigenvalue weighted by Crippen LogP contribution is -2.04. The molecule has 0 spiro atoms. The number of carbonyl (C=O) groups excluding carboxylic acids is 1. The van der Waals surface area contributed by atoms with Gasteiger partial charge in [0.1, 0.15) is 29.6 Å². The summed E-state index contributed by atoms with van der Waals surface area (Å²) in [6.07, 6.45) is 0. The van der Waals surface area contributed by atoms with E-state index in [9.17, 15) is 4.79 Å². The smallest absolute Gasteiger partial charge is 0.302 e. The van der Waals surface area contributed by atoms with Gasteiger partial charge in [-0.1, -0.05) is 24.3 Å². The quantitative estimate of drug-likeness (QED) is 0.544. The van der Waals surface area contributed by atoms with E-state index in [1.165, 1.54) is 6.92 Å². The number of ether oxygens (including phenoxy) is 5. The zero-order valence-corrected chi connectivity index (χ0v) is 17.2. The van der Waals surface area contributed by atoms with E-state index in [1.807, 2.05) is 36.4 Å². The van der Waals surface area contributed by atoms with Crippen molar-refractivity contribution in [1.82, 2.24) is 0 Å². The minimum absolute atomic E-state index is 0.0660. The van der Waals surface area contributed by atoms with Crippen molar-refractivity contribution < 1.29 is 28.5 Å². The standard InChI is InChI=1S/C23H24O6/c1-14(24)29-13-15-10-16(25-2)11-21(27-4)22(15)19-12-20(26-3)17-8-6-7-9-18(17)23(19)28-5/h6-12H,13H2,1-5H3. The van der Waals surface area contributed by atoms with Crippen molar-refractivity contribution >= 4 is 16.7 Å². The second-order valence-corrected chi connectivity index (χ2v) is 6.35. The van der Waals surface area contributed by atoms with Crippen molar-refractivity contribution in [2.45, 2.75) is 13.5 Å². The number of benzene rings is 3. The minimum atomic E-state index is -0.374. The van der Waals surface area contributed by atoms with E-state index in [2.05, 4.69) is 0 Å². The van der Waals surface area contributed by atoms with Crippen molar-refractivity contribution in [3.8, 4) is 34.1 Å². The molecule has 0 unspecified atom stereocenters. The maximum Gasteiger partial charge on any atom is 0.302 e. The molecule has 0 aliphatic heterocycles. The third-order valence-electron chi connectivity index (χ3n) is 4.69. The molecule has 6 nitrogen and oxygen atoms in total. The molecule has 0 heterocycles. The molecule has 0 saturated carbocycles.